The second kappa shape index (κ2) is 7.23. The molecule has 1 aliphatic rings. The summed E-state index contributed by atoms with van der Waals surface area (Å²) in [5, 5.41) is 3.85. The Hall–Kier alpha value is -1.72. The molecule has 0 saturated carbocycles. The monoisotopic (exact) mass is 338 g/mol. The summed E-state index contributed by atoms with van der Waals surface area (Å²) in [4.78, 5) is 4.11. The summed E-state index contributed by atoms with van der Waals surface area (Å²) in [6.07, 6.45) is 2.43. The zero-order valence-electron chi connectivity index (χ0n) is 12.4. The number of nitrogens with one attached hydrogen (secondary N) is 1. The van der Waals surface area contributed by atoms with Crippen molar-refractivity contribution in [3.8, 4) is 5.88 Å². The maximum absolute atomic E-state index is 13.5. The van der Waals surface area contributed by atoms with Gasteiger partial charge in [-0.3, -0.25) is 0 Å². The fraction of sp³-hybridized carbons (Fsp3) is 0.353. The zero-order valence-corrected chi connectivity index (χ0v) is 13.2. The van der Waals surface area contributed by atoms with E-state index < -0.39 is 11.6 Å². The van der Waals surface area contributed by atoms with E-state index in [1.54, 1.807) is 18.2 Å². The van der Waals surface area contributed by atoms with Crippen LogP contribution in [0.4, 0.5) is 8.78 Å². The van der Waals surface area contributed by atoms with E-state index in [0.717, 1.165) is 18.5 Å². The molecule has 0 bridgehead atoms. The van der Waals surface area contributed by atoms with Crippen LogP contribution < -0.4 is 10.1 Å². The first kappa shape index (κ1) is 16.1. The Morgan fingerprint density at radius 2 is 2.09 bits per heavy atom. The van der Waals surface area contributed by atoms with Crippen molar-refractivity contribution in [1.82, 2.24) is 10.3 Å². The normalized spacial score (nSPS) is 21.2. The van der Waals surface area contributed by atoms with Gasteiger partial charge in [-0.25, -0.2) is 13.8 Å². The van der Waals surface area contributed by atoms with Crippen LogP contribution in [0.15, 0.2) is 36.5 Å². The highest BCUT2D eigenvalue weighted by Gasteiger charge is 2.27. The van der Waals surface area contributed by atoms with Crippen molar-refractivity contribution in [2.24, 2.45) is 5.92 Å². The molecule has 2 unspecified atom stereocenters. The highest BCUT2D eigenvalue weighted by atomic mass is 35.5. The minimum atomic E-state index is -0.823. The van der Waals surface area contributed by atoms with E-state index >= 15 is 0 Å². The molecule has 0 aliphatic carbocycles. The molecule has 2 heterocycles. The third-order valence-electron chi connectivity index (χ3n) is 4.14. The molecule has 3 nitrogen and oxygen atoms in total. The fourth-order valence-electron chi connectivity index (χ4n) is 2.89. The van der Waals surface area contributed by atoms with Gasteiger partial charge < -0.3 is 10.1 Å². The molecule has 6 heteroatoms. The van der Waals surface area contributed by atoms with E-state index in [0.29, 0.717) is 24.1 Å². The van der Waals surface area contributed by atoms with Crippen LogP contribution in [0, 0.1) is 17.6 Å². The number of nitrogens with zero attached hydrogens (tertiary/aromatic N) is 1. The largest absolute Gasteiger partial charge is 0.477 e. The molecule has 1 saturated heterocycles. The maximum Gasteiger partial charge on any atom is 0.213 e. The lowest BCUT2D eigenvalue weighted by atomic mass is 9.82. The van der Waals surface area contributed by atoms with E-state index in [9.17, 15) is 8.78 Å². The first-order chi connectivity index (χ1) is 11.1. The van der Waals surface area contributed by atoms with Gasteiger partial charge in [0.15, 0.2) is 11.6 Å². The van der Waals surface area contributed by atoms with Gasteiger partial charge in [-0.05, 0) is 36.7 Å². The number of hydrogen-bond donors (Lipinski definition) is 1. The van der Waals surface area contributed by atoms with E-state index in [2.05, 4.69) is 10.3 Å². The number of aromatic nitrogens is 1. The Balaban J connectivity index is 1.70. The van der Waals surface area contributed by atoms with Crippen LogP contribution >= 0.6 is 11.6 Å². The minimum absolute atomic E-state index is 0.0751. The number of benzene rings is 1. The minimum Gasteiger partial charge on any atom is -0.477 e. The van der Waals surface area contributed by atoms with E-state index in [-0.39, 0.29) is 11.8 Å². The molecule has 3 rings (SSSR count). The number of hydrogen-bond acceptors (Lipinski definition) is 3. The topological polar surface area (TPSA) is 34.1 Å². The average molecular weight is 339 g/mol. The third-order valence-corrected chi connectivity index (χ3v) is 4.37. The highest BCUT2D eigenvalue weighted by molar-refractivity contribution is 6.30. The van der Waals surface area contributed by atoms with Gasteiger partial charge in [-0.2, -0.15) is 0 Å². The molecule has 2 atom stereocenters. The second-order valence-corrected chi connectivity index (χ2v) is 6.10. The molecule has 1 aliphatic heterocycles. The van der Waals surface area contributed by atoms with Crippen LogP contribution in [0.3, 0.4) is 0 Å². The lowest BCUT2D eigenvalue weighted by Gasteiger charge is -2.32. The van der Waals surface area contributed by atoms with E-state index in [4.69, 9.17) is 16.3 Å². The van der Waals surface area contributed by atoms with Gasteiger partial charge in [0.2, 0.25) is 5.88 Å². The Kier molecular flexibility index (Phi) is 5.08. The van der Waals surface area contributed by atoms with Crippen molar-refractivity contribution in [2.75, 3.05) is 19.7 Å². The van der Waals surface area contributed by atoms with Crippen LogP contribution in [-0.4, -0.2) is 24.7 Å². The van der Waals surface area contributed by atoms with Gasteiger partial charge in [0.05, 0.1) is 11.6 Å². The van der Waals surface area contributed by atoms with Crippen molar-refractivity contribution in [3.05, 3.63) is 58.7 Å². The van der Waals surface area contributed by atoms with Gasteiger partial charge in [-0.1, -0.05) is 17.7 Å². The summed E-state index contributed by atoms with van der Waals surface area (Å²) in [5.41, 5.74) is 0.786. The van der Waals surface area contributed by atoms with Crippen LogP contribution in [0.25, 0.3) is 0 Å². The summed E-state index contributed by atoms with van der Waals surface area (Å²) in [6.45, 7) is 2.06. The van der Waals surface area contributed by atoms with E-state index in [1.807, 2.05) is 0 Å². The molecule has 0 radical (unpaired) electrons. The van der Waals surface area contributed by atoms with Crippen LogP contribution in [-0.2, 0) is 0 Å². The molecule has 1 aromatic carbocycles. The summed E-state index contributed by atoms with van der Waals surface area (Å²) in [6, 6.07) is 7.54. The standard InChI is InChI=1S/C17H17ClF2N2O/c18-13-2-4-17(22-8-13)23-10-12-5-6-21-9-14(12)11-1-3-15(19)16(20)7-11/h1-4,7-8,12,14,21H,5-6,9-10H2. The molecular weight excluding hydrogens is 322 g/mol. The molecule has 122 valence electrons. The van der Waals surface area contributed by atoms with Crippen molar-refractivity contribution in [2.45, 2.75) is 12.3 Å². The SMILES string of the molecule is Fc1ccc(C2CNCCC2COc2ccc(Cl)cn2)cc1F. The Labute approximate surface area is 138 Å². The Bertz CT molecular complexity index is 666. The Morgan fingerprint density at radius 1 is 1.22 bits per heavy atom. The summed E-state index contributed by atoms with van der Waals surface area (Å²) in [7, 11) is 0. The number of pyridine rings is 1. The van der Waals surface area contributed by atoms with Crippen molar-refractivity contribution >= 4 is 11.6 Å². The lowest BCUT2D eigenvalue weighted by Crippen LogP contribution is -2.37. The Morgan fingerprint density at radius 3 is 2.83 bits per heavy atom. The predicted molar refractivity (Wildman–Crippen MR) is 84.8 cm³/mol. The first-order valence-electron chi connectivity index (χ1n) is 7.53. The van der Waals surface area contributed by atoms with Crippen molar-refractivity contribution < 1.29 is 13.5 Å². The number of piperidine rings is 1. The number of ether oxygens (including phenoxy) is 1. The molecule has 1 fully saturated rings. The third kappa shape index (κ3) is 3.98. The highest BCUT2D eigenvalue weighted by Crippen LogP contribution is 2.30. The number of halogens is 3. The maximum atomic E-state index is 13.5. The predicted octanol–water partition coefficient (Wildman–Crippen LogP) is 3.79. The molecule has 0 amide bonds. The molecule has 2 aromatic rings. The first-order valence-corrected chi connectivity index (χ1v) is 7.91. The fourth-order valence-corrected chi connectivity index (χ4v) is 3.00. The molecule has 1 aromatic heterocycles. The molecule has 23 heavy (non-hydrogen) atoms. The number of rotatable bonds is 4. The van der Waals surface area contributed by atoms with Crippen LogP contribution in [0.1, 0.15) is 17.9 Å². The van der Waals surface area contributed by atoms with Crippen LogP contribution in [0.5, 0.6) is 5.88 Å². The van der Waals surface area contributed by atoms with Gasteiger partial charge in [0, 0.05) is 30.6 Å². The van der Waals surface area contributed by atoms with Gasteiger partial charge in [-0.15, -0.1) is 0 Å². The van der Waals surface area contributed by atoms with E-state index in [1.165, 1.54) is 18.3 Å². The van der Waals surface area contributed by atoms with Gasteiger partial charge >= 0.3 is 0 Å². The average Bonchev–Trinajstić information content (AvgIpc) is 2.57. The lowest BCUT2D eigenvalue weighted by molar-refractivity contribution is 0.188. The zero-order chi connectivity index (χ0) is 16.2. The molecule has 0 spiro atoms. The smallest absolute Gasteiger partial charge is 0.213 e. The van der Waals surface area contributed by atoms with Gasteiger partial charge in [0.25, 0.3) is 0 Å². The van der Waals surface area contributed by atoms with Crippen molar-refractivity contribution in [1.29, 1.82) is 0 Å². The summed E-state index contributed by atoms with van der Waals surface area (Å²) < 4.78 is 32.4. The summed E-state index contributed by atoms with van der Waals surface area (Å²) in [5.74, 6) is -0.843. The van der Waals surface area contributed by atoms with Gasteiger partial charge in [0.1, 0.15) is 0 Å². The second-order valence-electron chi connectivity index (χ2n) is 5.66. The quantitative estimate of drug-likeness (QED) is 0.921. The van der Waals surface area contributed by atoms with Crippen LogP contribution in [0.2, 0.25) is 5.02 Å². The van der Waals surface area contributed by atoms with Crippen molar-refractivity contribution in [3.63, 3.8) is 0 Å². The summed E-state index contributed by atoms with van der Waals surface area (Å²) >= 11 is 5.80. The molecular formula is C17H17ClF2N2O. The molecule has 1 N–H and O–H groups in total.